The number of hydrogen-bond donors (Lipinski definition) is 0. The van der Waals surface area contributed by atoms with Crippen LogP contribution in [-0.4, -0.2) is 37.2 Å². The van der Waals surface area contributed by atoms with Crippen molar-refractivity contribution in [2.45, 2.75) is 309 Å². The highest BCUT2D eigenvalue weighted by Gasteiger charge is 2.19. The van der Waals surface area contributed by atoms with Gasteiger partial charge in [0.25, 0.3) is 0 Å². The Bertz CT molecular complexity index is 1020. The molecule has 0 saturated heterocycles. The van der Waals surface area contributed by atoms with Gasteiger partial charge < -0.3 is 14.2 Å². The maximum absolute atomic E-state index is 12.8. The first kappa shape index (κ1) is 60.9. The van der Waals surface area contributed by atoms with Gasteiger partial charge >= 0.3 is 17.9 Å². The molecule has 1 atom stereocenters. The van der Waals surface area contributed by atoms with Gasteiger partial charge in [0.2, 0.25) is 0 Å². The van der Waals surface area contributed by atoms with E-state index in [-0.39, 0.29) is 31.1 Å². The lowest BCUT2D eigenvalue weighted by molar-refractivity contribution is -0.167. The van der Waals surface area contributed by atoms with Gasteiger partial charge in [-0.1, -0.05) is 238 Å². The predicted molar refractivity (Wildman–Crippen MR) is 270 cm³/mol. The standard InChI is InChI=1S/C57H106O6/c1-4-7-10-13-16-19-22-25-27-28-30-32-35-38-41-44-47-50-56(59)62-53-54(52-61-55(58)49-46-43-40-37-34-31-24-21-18-15-12-9-6-3)63-57(60)51-48-45-42-39-36-33-29-26-23-20-17-14-11-8-5-2/h25-27,29,54H,4-24,28,30-53H2,1-3H3/b27-25-,29-26-/t54-/m1/s1. The van der Waals surface area contributed by atoms with E-state index in [4.69, 9.17) is 14.2 Å². The van der Waals surface area contributed by atoms with E-state index in [1.165, 1.54) is 199 Å². The molecule has 6 nitrogen and oxygen atoms in total. The minimum atomic E-state index is -0.773. The maximum atomic E-state index is 12.8. The van der Waals surface area contributed by atoms with E-state index in [1.807, 2.05) is 0 Å². The van der Waals surface area contributed by atoms with E-state index in [2.05, 4.69) is 45.1 Å². The van der Waals surface area contributed by atoms with Crippen LogP contribution in [-0.2, 0) is 28.6 Å². The van der Waals surface area contributed by atoms with E-state index in [0.717, 1.165) is 64.2 Å². The smallest absolute Gasteiger partial charge is 0.306 e. The van der Waals surface area contributed by atoms with Crippen molar-refractivity contribution in [2.75, 3.05) is 13.2 Å². The van der Waals surface area contributed by atoms with Crippen molar-refractivity contribution in [3.8, 4) is 0 Å². The number of carbonyl (C=O) groups excluding carboxylic acids is 3. The molecule has 0 aromatic rings. The summed E-state index contributed by atoms with van der Waals surface area (Å²) < 4.78 is 16.8. The SMILES string of the molecule is CCCCCCCC/C=C\CCCCCCCCCC(=O)OC[C@@H](COC(=O)CCCCCCCCCCCCCCC)OC(=O)CCCCCCC/C=C\CCCCCCCC. The summed E-state index contributed by atoms with van der Waals surface area (Å²) in [6.07, 6.45) is 60.2. The van der Waals surface area contributed by atoms with E-state index in [1.54, 1.807) is 0 Å². The summed E-state index contributed by atoms with van der Waals surface area (Å²) in [6, 6.07) is 0. The Morgan fingerprint density at radius 2 is 0.524 bits per heavy atom. The highest BCUT2D eigenvalue weighted by atomic mass is 16.6. The van der Waals surface area contributed by atoms with Crippen LogP contribution in [0.1, 0.15) is 303 Å². The molecule has 0 fully saturated rings. The summed E-state index contributed by atoms with van der Waals surface area (Å²) >= 11 is 0. The molecular weight excluding hydrogens is 781 g/mol. The third kappa shape index (κ3) is 50.7. The lowest BCUT2D eigenvalue weighted by Crippen LogP contribution is -2.30. The third-order valence-electron chi connectivity index (χ3n) is 12.4. The van der Waals surface area contributed by atoms with Gasteiger partial charge in [-0.05, 0) is 70.6 Å². The second kappa shape index (κ2) is 52.5. The largest absolute Gasteiger partial charge is 0.462 e. The van der Waals surface area contributed by atoms with Crippen molar-refractivity contribution >= 4 is 17.9 Å². The summed E-state index contributed by atoms with van der Waals surface area (Å²) in [5.41, 5.74) is 0. The zero-order valence-corrected chi connectivity index (χ0v) is 42.4. The average Bonchev–Trinajstić information content (AvgIpc) is 3.28. The fraction of sp³-hybridized carbons (Fsp3) is 0.877. The molecule has 0 bridgehead atoms. The maximum Gasteiger partial charge on any atom is 0.306 e. The molecule has 0 aromatic heterocycles. The Labute approximate surface area is 392 Å². The van der Waals surface area contributed by atoms with Gasteiger partial charge in [-0.3, -0.25) is 14.4 Å². The molecule has 0 radical (unpaired) electrons. The van der Waals surface area contributed by atoms with Crippen molar-refractivity contribution in [1.82, 2.24) is 0 Å². The first-order chi connectivity index (χ1) is 31.0. The molecule has 0 N–H and O–H groups in total. The summed E-state index contributed by atoms with van der Waals surface area (Å²) in [7, 11) is 0. The molecule has 63 heavy (non-hydrogen) atoms. The van der Waals surface area contributed by atoms with E-state index < -0.39 is 6.10 Å². The van der Waals surface area contributed by atoms with Crippen LogP contribution in [0.15, 0.2) is 24.3 Å². The molecule has 0 unspecified atom stereocenters. The third-order valence-corrected chi connectivity index (χ3v) is 12.4. The van der Waals surface area contributed by atoms with Gasteiger partial charge in [0.1, 0.15) is 13.2 Å². The fourth-order valence-electron chi connectivity index (χ4n) is 8.20. The minimum absolute atomic E-state index is 0.0718. The number of ether oxygens (including phenoxy) is 3. The van der Waals surface area contributed by atoms with Crippen LogP contribution in [0, 0.1) is 0 Å². The summed E-state index contributed by atoms with van der Waals surface area (Å²) in [5.74, 6) is -0.868. The van der Waals surface area contributed by atoms with Crippen molar-refractivity contribution in [1.29, 1.82) is 0 Å². The molecule has 0 aromatic carbocycles. The zero-order chi connectivity index (χ0) is 45.8. The molecule has 0 aliphatic rings. The molecule has 0 saturated carbocycles. The molecule has 0 spiro atoms. The van der Waals surface area contributed by atoms with Gasteiger partial charge in [-0.25, -0.2) is 0 Å². The van der Waals surface area contributed by atoms with Gasteiger partial charge in [0.15, 0.2) is 6.10 Å². The monoisotopic (exact) mass is 887 g/mol. The van der Waals surface area contributed by atoms with Crippen LogP contribution in [0.5, 0.6) is 0 Å². The summed E-state index contributed by atoms with van der Waals surface area (Å²) in [6.45, 7) is 6.65. The molecule has 0 aliphatic carbocycles. The van der Waals surface area contributed by atoms with Gasteiger partial charge in [-0.2, -0.15) is 0 Å². The molecular formula is C57H106O6. The Morgan fingerprint density at radius 3 is 0.794 bits per heavy atom. The topological polar surface area (TPSA) is 78.9 Å². The number of esters is 3. The van der Waals surface area contributed by atoms with Gasteiger partial charge in [-0.15, -0.1) is 0 Å². The number of unbranched alkanes of at least 4 members (excludes halogenated alkanes) is 36. The van der Waals surface area contributed by atoms with Crippen molar-refractivity contribution < 1.29 is 28.6 Å². The molecule has 6 heteroatoms. The highest BCUT2D eigenvalue weighted by molar-refractivity contribution is 5.71. The number of rotatable bonds is 51. The van der Waals surface area contributed by atoms with Gasteiger partial charge in [0.05, 0.1) is 0 Å². The molecule has 0 heterocycles. The zero-order valence-electron chi connectivity index (χ0n) is 42.4. The Morgan fingerprint density at radius 1 is 0.302 bits per heavy atom. The van der Waals surface area contributed by atoms with Crippen LogP contribution in [0.25, 0.3) is 0 Å². The van der Waals surface area contributed by atoms with Crippen LogP contribution in [0.4, 0.5) is 0 Å². The van der Waals surface area contributed by atoms with Crippen molar-refractivity contribution in [2.24, 2.45) is 0 Å². The van der Waals surface area contributed by atoms with Crippen LogP contribution >= 0.6 is 0 Å². The van der Waals surface area contributed by atoms with E-state index in [9.17, 15) is 14.4 Å². The number of carbonyl (C=O) groups is 3. The van der Waals surface area contributed by atoms with Crippen molar-refractivity contribution in [3.05, 3.63) is 24.3 Å². The first-order valence-corrected chi connectivity index (χ1v) is 27.8. The van der Waals surface area contributed by atoms with E-state index in [0.29, 0.717) is 19.3 Å². The van der Waals surface area contributed by atoms with Crippen LogP contribution in [0.2, 0.25) is 0 Å². The van der Waals surface area contributed by atoms with Crippen molar-refractivity contribution in [3.63, 3.8) is 0 Å². The average molecular weight is 887 g/mol. The Kier molecular flexibility index (Phi) is 50.8. The van der Waals surface area contributed by atoms with Gasteiger partial charge in [0, 0.05) is 19.3 Å². The second-order valence-corrected chi connectivity index (χ2v) is 18.8. The van der Waals surface area contributed by atoms with E-state index >= 15 is 0 Å². The number of hydrogen-bond acceptors (Lipinski definition) is 6. The first-order valence-electron chi connectivity index (χ1n) is 27.8. The van der Waals surface area contributed by atoms with Crippen LogP contribution in [0.3, 0.4) is 0 Å². The Hall–Kier alpha value is -2.11. The Balaban J connectivity index is 4.34. The highest BCUT2D eigenvalue weighted by Crippen LogP contribution is 2.16. The second-order valence-electron chi connectivity index (χ2n) is 18.8. The molecule has 370 valence electrons. The summed E-state index contributed by atoms with van der Waals surface area (Å²) in [5, 5.41) is 0. The predicted octanol–water partition coefficient (Wildman–Crippen LogP) is 18.3. The summed E-state index contributed by atoms with van der Waals surface area (Å²) in [4.78, 5) is 38.1. The lowest BCUT2D eigenvalue weighted by Gasteiger charge is -2.18. The lowest BCUT2D eigenvalue weighted by atomic mass is 10.0. The number of allylic oxidation sites excluding steroid dienone is 4. The minimum Gasteiger partial charge on any atom is -0.462 e. The molecule has 0 rings (SSSR count). The molecule has 0 amide bonds. The fourth-order valence-corrected chi connectivity index (χ4v) is 8.20. The normalized spacial score (nSPS) is 12.1. The quantitative estimate of drug-likeness (QED) is 0.0262. The molecule has 0 aliphatic heterocycles. The van der Waals surface area contributed by atoms with Crippen LogP contribution < -0.4 is 0 Å².